The van der Waals surface area contributed by atoms with E-state index in [1.54, 1.807) is 17.7 Å². The van der Waals surface area contributed by atoms with Crippen LogP contribution in [0.3, 0.4) is 0 Å². The van der Waals surface area contributed by atoms with Crippen LogP contribution in [-0.4, -0.2) is 55.8 Å². The molecule has 0 unspecified atom stereocenters. The quantitative estimate of drug-likeness (QED) is 0.770. The van der Waals surface area contributed by atoms with Crippen LogP contribution in [0.25, 0.3) is 0 Å². The van der Waals surface area contributed by atoms with Gasteiger partial charge in [0.05, 0.1) is 19.1 Å². The van der Waals surface area contributed by atoms with Crippen LogP contribution in [-0.2, 0) is 23.5 Å². The van der Waals surface area contributed by atoms with Crippen molar-refractivity contribution >= 4 is 22.2 Å². The number of ether oxygens (including phenoxy) is 2. The Labute approximate surface area is 146 Å². The lowest BCUT2D eigenvalue weighted by Gasteiger charge is -2.18. The second-order valence-corrected chi connectivity index (χ2v) is 7.79. The van der Waals surface area contributed by atoms with Gasteiger partial charge in [0.15, 0.2) is 16.3 Å². The van der Waals surface area contributed by atoms with Crippen molar-refractivity contribution in [3.05, 3.63) is 28.3 Å². The highest BCUT2D eigenvalue weighted by atomic mass is 32.2. The van der Waals surface area contributed by atoms with E-state index in [-0.39, 0.29) is 11.3 Å². The summed E-state index contributed by atoms with van der Waals surface area (Å²) in [5.41, 5.74) is 0.540. The van der Waals surface area contributed by atoms with E-state index in [1.165, 1.54) is 34.4 Å². The van der Waals surface area contributed by atoms with Gasteiger partial charge in [-0.25, -0.2) is 12.7 Å². The Morgan fingerprint density at radius 2 is 1.83 bits per heavy atom. The lowest BCUT2D eigenvalue weighted by molar-refractivity contribution is 0.353. The van der Waals surface area contributed by atoms with Gasteiger partial charge in [0.25, 0.3) is 0 Å². The third-order valence-electron chi connectivity index (χ3n) is 3.65. The van der Waals surface area contributed by atoms with Crippen molar-refractivity contribution in [2.45, 2.75) is 11.3 Å². The van der Waals surface area contributed by atoms with Crippen molar-refractivity contribution in [2.24, 2.45) is 7.05 Å². The number of nitrogens with zero attached hydrogens (tertiary/aromatic N) is 3. The van der Waals surface area contributed by atoms with Gasteiger partial charge >= 0.3 is 0 Å². The van der Waals surface area contributed by atoms with Crippen LogP contribution in [0.4, 0.5) is 0 Å². The Morgan fingerprint density at radius 3 is 2.29 bits per heavy atom. The molecule has 1 N–H and O–H groups in total. The molecule has 2 aromatic rings. The largest absolute Gasteiger partial charge is 0.493 e. The summed E-state index contributed by atoms with van der Waals surface area (Å²) >= 11 is 5.10. The summed E-state index contributed by atoms with van der Waals surface area (Å²) in [6.45, 7) is 0. The number of hydrogen-bond acceptors (Lipinski definition) is 6. The number of rotatable bonds is 6. The van der Waals surface area contributed by atoms with Gasteiger partial charge in [0, 0.05) is 33.6 Å². The molecule has 1 aromatic heterocycles. The van der Waals surface area contributed by atoms with Gasteiger partial charge in [0.2, 0.25) is 10.0 Å². The summed E-state index contributed by atoms with van der Waals surface area (Å²) in [6.07, 6.45) is 0.270. The minimum Gasteiger partial charge on any atom is -0.493 e. The van der Waals surface area contributed by atoms with Gasteiger partial charge in [-0.15, -0.1) is 0 Å². The van der Waals surface area contributed by atoms with E-state index in [1.807, 2.05) is 0 Å². The number of aromatic amines is 1. The molecule has 1 heterocycles. The third-order valence-corrected chi connectivity index (χ3v) is 5.91. The Hall–Kier alpha value is -1.91. The predicted octanol–water partition coefficient (Wildman–Crippen LogP) is 1.34. The molecule has 0 saturated carbocycles. The van der Waals surface area contributed by atoms with Crippen molar-refractivity contribution in [3.8, 4) is 11.5 Å². The molecule has 0 amide bonds. The summed E-state index contributed by atoms with van der Waals surface area (Å²) < 4.78 is 39.2. The zero-order chi connectivity index (χ0) is 18.1. The van der Waals surface area contributed by atoms with Crippen LogP contribution < -0.4 is 9.47 Å². The van der Waals surface area contributed by atoms with Gasteiger partial charge in [0.1, 0.15) is 5.82 Å². The molecule has 0 bridgehead atoms. The molecule has 1 aromatic carbocycles. The monoisotopic (exact) mass is 372 g/mol. The first-order valence-corrected chi connectivity index (χ1v) is 8.85. The Balaban J connectivity index is 2.67. The molecule has 0 atom stereocenters. The minimum atomic E-state index is -3.67. The molecule has 0 spiro atoms. The fraction of sp³-hybridized carbons (Fsp3) is 0.429. The summed E-state index contributed by atoms with van der Waals surface area (Å²) in [4.78, 5) is 0.138. The number of aromatic nitrogens is 3. The van der Waals surface area contributed by atoms with Crippen LogP contribution in [0, 0.1) is 4.77 Å². The highest BCUT2D eigenvalue weighted by Crippen LogP contribution is 2.34. The Kier molecular flexibility index (Phi) is 5.31. The first-order chi connectivity index (χ1) is 11.2. The molecule has 0 fully saturated rings. The van der Waals surface area contributed by atoms with E-state index in [0.29, 0.717) is 27.7 Å². The molecule has 8 nitrogen and oxygen atoms in total. The van der Waals surface area contributed by atoms with Crippen LogP contribution in [0.1, 0.15) is 11.4 Å². The predicted molar refractivity (Wildman–Crippen MR) is 91.6 cm³/mol. The SMILES string of the molecule is COc1cc(Cc2n[nH]c(=S)n2C)c(S(=O)(=O)N(C)C)cc1OC. The second kappa shape index (κ2) is 6.91. The van der Waals surface area contributed by atoms with Gasteiger partial charge < -0.3 is 14.0 Å². The van der Waals surface area contributed by atoms with Crippen molar-refractivity contribution < 1.29 is 17.9 Å². The van der Waals surface area contributed by atoms with Crippen molar-refractivity contribution in [1.29, 1.82) is 0 Å². The summed E-state index contributed by atoms with van der Waals surface area (Å²) in [6, 6.07) is 3.11. The number of H-pyrrole nitrogens is 1. The maximum Gasteiger partial charge on any atom is 0.242 e. The maximum absolute atomic E-state index is 12.7. The normalized spacial score (nSPS) is 11.8. The number of methoxy groups -OCH3 is 2. The van der Waals surface area contributed by atoms with Crippen LogP contribution in [0.2, 0.25) is 0 Å². The maximum atomic E-state index is 12.7. The van der Waals surface area contributed by atoms with E-state index in [2.05, 4.69) is 10.2 Å². The van der Waals surface area contributed by atoms with E-state index in [4.69, 9.17) is 21.7 Å². The van der Waals surface area contributed by atoms with Crippen molar-refractivity contribution in [2.75, 3.05) is 28.3 Å². The highest BCUT2D eigenvalue weighted by Gasteiger charge is 2.25. The third kappa shape index (κ3) is 3.30. The molecule has 0 aliphatic carbocycles. The molecule has 0 saturated heterocycles. The molecule has 0 aliphatic rings. The van der Waals surface area contributed by atoms with E-state index in [0.717, 1.165) is 4.31 Å². The number of sulfonamides is 1. The molecule has 0 radical (unpaired) electrons. The van der Waals surface area contributed by atoms with E-state index in [9.17, 15) is 8.42 Å². The van der Waals surface area contributed by atoms with Crippen molar-refractivity contribution in [1.82, 2.24) is 19.1 Å². The fourth-order valence-electron chi connectivity index (χ4n) is 2.19. The fourth-order valence-corrected chi connectivity index (χ4v) is 3.45. The first kappa shape index (κ1) is 18.4. The van der Waals surface area contributed by atoms with Crippen LogP contribution in [0.15, 0.2) is 17.0 Å². The Bertz CT molecular complexity index is 900. The van der Waals surface area contributed by atoms with Gasteiger partial charge in [-0.3, -0.25) is 5.10 Å². The number of hydrogen-bond donors (Lipinski definition) is 1. The zero-order valence-corrected chi connectivity index (χ0v) is 15.8. The van der Waals surface area contributed by atoms with E-state index < -0.39 is 10.0 Å². The van der Waals surface area contributed by atoms with Crippen LogP contribution in [0.5, 0.6) is 11.5 Å². The van der Waals surface area contributed by atoms with Gasteiger partial charge in [-0.05, 0) is 23.8 Å². The molecular formula is C14H20N4O4S2. The van der Waals surface area contributed by atoms with Gasteiger partial charge in [-0.2, -0.15) is 5.10 Å². The van der Waals surface area contributed by atoms with Gasteiger partial charge in [-0.1, -0.05) is 0 Å². The highest BCUT2D eigenvalue weighted by molar-refractivity contribution is 7.89. The lowest BCUT2D eigenvalue weighted by atomic mass is 10.1. The molecule has 24 heavy (non-hydrogen) atoms. The number of nitrogens with one attached hydrogen (secondary N) is 1. The molecule has 0 aliphatic heterocycles. The van der Waals surface area contributed by atoms with Crippen LogP contribution >= 0.6 is 12.2 Å². The average molecular weight is 372 g/mol. The minimum absolute atomic E-state index is 0.138. The topological polar surface area (TPSA) is 89.4 Å². The first-order valence-electron chi connectivity index (χ1n) is 7.00. The van der Waals surface area contributed by atoms with E-state index >= 15 is 0 Å². The number of benzene rings is 1. The molecule has 10 heteroatoms. The van der Waals surface area contributed by atoms with Crippen molar-refractivity contribution in [3.63, 3.8) is 0 Å². The smallest absolute Gasteiger partial charge is 0.242 e. The summed E-state index contributed by atoms with van der Waals surface area (Å²) in [5, 5.41) is 6.83. The molecule has 132 valence electrons. The second-order valence-electron chi connectivity index (χ2n) is 5.28. The molecule has 2 rings (SSSR count). The average Bonchev–Trinajstić information content (AvgIpc) is 2.86. The zero-order valence-electron chi connectivity index (χ0n) is 14.2. The Morgan fingerprint density at radius 1 is 1.25 bits per heavy atom. The summed E-state index contributed by atoms with van der Waals surface area (Å²) in [5.74, 6) is 1.40. The lowest BCUT2D eigenvalue weighted by Crippen LogP contribution is -2.24. The molecular weight excluding hydrogens is 352 g/mol. The standard InChI is InChI=1S/C14H20N4O4S2/c1-17(2)24(19,20)12-8-11(22-5)10(21-4)6-9(12)7-13-15-16-14(23)18(13)3/h6,8H,7H2,1-5H3,(H,16,23). The summed E-state index contributed by atoms with van der Waals surface area (Å²) in [7, 11) is 4.01.